The Kier molecular flexibility index (Phi) is 3.20. The molecule has 0 saturated carbocycles. The molecule has 1 aromatic carbocycles. The van der Waals surface area contributed by atoms with Crippen molar-refractivity contribution < 1.29 is 9.53 Å². The number of thiophene rings is 1. The molecule has 1 aliphatic rings. The highest BCUT2D eigenvalue weighted by Gasteiger charge is 2.29. The number of carbonyl (C=O) groups excluding carboxylic acids is 1. The van der Waals surface area contributed by atoms with E-state index in [1.165, 1.54) is 16.9 Å². The normalized spacial score (nSPS) is 12.6. The van der Waals surface area contributed by atoms with E-state index >= 15 is 0 Å². The quantitative estimate of drug-likeness (QED) is 0.774. The number of nitrogens with two attached hydrogens (primary N) is 1. The summed E-state index contributed by atoms with van der Waals surface area (Å²) in [5.74, 6) is 0.329. The second-order valence-electron chi connectivity index (χ2n) is 5.62. The first kappa shape index (κ1) is 14.0. The van der Waals surface area contributed by atoms with Crippen LogP contribution >= 0.6 is 11.3 Å². The number of aryl methyl sites for hydroxylation is 2. The Balaban J connectivity index is 1.84. The molecule has 2 heterocycles. The van der Waals surface area contributed by atoms with Gasteiger partial charge in [0.15, 0.2) is 5.06 Å². The largest absolute Gasteiger partial charge is 0.446 e. The molecular weight excluding hydrogens is 310 g/mol. The minimum Gasteiger partial charge on any atom is -0.446 e. The summed E-state index contributed by atoms with van der Waals surface area (Å²) in [6.45, 7) is 2.03. The zero-order chi connectivity index (χ0) is 16.0. The molecule has 0 spiro atoms. The minimum atomic E-state index is -0.409. The van der Waals surface area contributed by atoms with E-state index in [2.05, 4.69) is 10.2 Å². The van der Waals surface area contributed by atoms with Crippen LogP contribution in [0, 0.1) is 6.92 Å². The second-order valence-corrected chi connectivity index (χ2v) is 6.60. The van der Waals surface area contributed by atoms with Crippen molar-refractivity contribution in [2.24, 2.45) is 5.73 Å². The number of rotatable bonds is 3. The van der Waals surface area contributed by atoms with E-state index in [1.54, 1.807) is 0 Å². The summed E-state index contributed by atoms with van der Waals surface area (Å²) < 4.78 is 6.05. The number of fused-ring (bicyclic) bond motifs is 3. The monoisotopic (exact) mass is 325 g/mol. The van der Waals surface area contributed by atoms with Crippen LogP contribution < -0.4 is 10.5 Å². The summed E-state index contributed by atoms with van der Waals surface area (Å²) in [6, 6.07) is 7.82. The average molecular weight is 325 g/mol. The van der Waals surface area contributed by atoms with E-state index in [0.29, 0.717) is 9.94 Å². The summed E-state index contributed by atoms with van der Waals surface area (Å²) in [4.78, 5) is 12.4. The molecule has 3 aromatic rings. The van der Waals surface area contributed by atoms with Crippen LogP contribution in [0.2, 0.25) is 0 Å². The smallest absolute Gasteiger partial charge is 0.259 e. The zero-order valence-electron chi connectivity index (χ0n) is 12.6. The first-order valence-electron chi connectivity index (χ1n) is 7.36. The van der Waals surface area contributed by atoms with Gasteiger partial charge in [-0.15, -0.1) is 0 Å². The Bertz CT molecular complexity index is 893. The van der Waals surface area contributed by atoms with Crippen molar-refractivity contribution in [2.75, 3.05) is 0 Å². The van der Waals surface area contributed by atoms with Crippen LogP contribution in [0.5, 0.6) is 10.8 Å². The van der Waals surface area contributed by atoms with Gasteiger partial charge in [-0.05, 0) is 43.0 Å². The lowest BCUT2D eigenvalue weighted by atomic mass is 9.92. The van der Waals surface area contributed by atoms with Crippen molar-refractivity contribution in [3.05, 3.63) is 52.0 Å². The number of hydrogen-bond donors (Lipinski definition) is 2. The van der Waals surface area contributed by atoms with Gasteiger partial charge in [-0.1, -0.05) is 29.0 Å². The molecule has 0 radical (unpaired) electrons. The second kappa shape index (κ2) is 5.24. The van der Waals surface area contributed by atoms with Gasteiger partial charge < -0.3 is 10.5 Å². The lowest BCUT2D eigenvalue weighted by molar-refractivity contribution is 0.100. The molecule has 116 valence electrons. The van der Waals surface area contributed by atoms with Crippen LogP contribution in [0.1, 0.15) is 26.4 Å². The van der Waals surface area contributed by atoms with E-state index < -0.39 is 5.91 Å². The van der Waals surface area contributed by atoms with Gasteiger partial charge in [-0.2, -0.15) is 5.10 Å². The molecule has 0 unspecified atom stereocenters. The van der Waals surface area contributed by atoms with Crippen LogP contribution in [0.25, 0.3) is 11.3 Å². The third-order valence-electron chi connectivity index (χ3n) is 4.04. The Morgan fingerprint density at radius 3 is 2.83 bits per heavy atom. The average Bonchev–Trinajstić information content (AvgIpc) is 3.13. The maximum absolute atomic E-state index is 11.8. The molecule has 1 amide bonds. The number of carbonyl (C=O) groups is 1. The Hall–Kier alpha value is -2.60. The predicted molar refractivity (Wildman–Crippen MR) is 89.1 cm³/mol. The molecule has 23 heavy (non-hydrogen) atoms. The molecule has 6 heteroatoms. The van der Waals surface area contributed by atoms with Gasteiger partial charge >= 0.3 is 0 Å². The van der Waals surface area contributed by atoms with Gasteiger partial charge in [0.05, 0.1) is 22.3 Å². The maximum Gasteiger partial charge on any atom is 0.259 e. The van der Waals surface area contributed by atoms with E-state index in [-0.39, 0.29) is 0 Å². The van der Waals surface area contributed by atoms with Gasteiger partial charge in [0, 0.05) is 0 Å². The highest BCUT2D eigenvalue weighted by molar-refractivity contribution is 7.16. The predicted octanol–water partition coefficient (Wildman–Crippen LogP) is 3.44. The summed E-state index contributed by atoms with van der Waals surface area (Å²) in [6.07, 6.45) is 3.45. The van der Waals surface area contributed by atoms with Gasteiger partial charge in [0.1, 0.15) is 5.75 Å². The fourth-order valence-electron chi connectivity index (χ4n) is 2.89. The molecule has 4 rings (SSSR count). The van der Waals surface area contributed by atoms with Crippen molar-refractivity contribution in [3.8, 4) is 22.1 Å². The lowest BCUT2D eigenvalue weighted by Crippen LogP contribution is -2.13. The highest BCUT2D eigenvalue weighted by atomic mass is 32.1. The molecule has 5 nitrogen and oxygen atoms in total. The summed E-state index contributed by atoms with van der Waals surface area (Å²) >= 11 is 1.30. The van der Waals surface area contributed by atoms with Crippen molar-refractivity contribution in [3.63, 3.8) is 0 Å². The van der Waals surface area contributed by atoms with E-state index in [9.17, 15) is 4.79 Å². The van der Waals surface area contributed by atoms with Crippen LogP contribution in [-0.2, 0) is 12.8 Å². The SMILES string of the molecule is Cc1ccc(Oc2sc(C(N)=O)c3c2-c2[nH]ncc2CC3)cc1. The van der Waals surface area contributed by atoms with Gasteiger partial charge in [0.2, 0.25) is 0 Å². The fraction of sp³-hybridized carbons (Fsp3) is 0.176. The number of ether oxygens (including phenoxy) is 1. The van der Waals surface area contributed by atoms with Gasteiger partial charge in [-0.3, -0.25) is 9.89 Å². The van der Waals surface area contributed by atoms with Crippen molar-refractivity contribution in [1.82, 2.24) is 10.2 Å². The highest BCUT2D eigenvalue weighted by Crippen LogP contribution is 2.47. The van der Waals surface area contributed by atoms with Crippen molar-refractivity contribution >= 4 is 17.2 Å². The standard InChI is InChI=1S/C17H15N3O2S/c1-9-2-5-11(6-3-9)22-17-13-12(15(23-17)16(18)21)7-4-10-8-19-20-14(10)13/h2-3,5-6,8H,4,7H2,1H3,(H2,18,21)(H,19,20). The number of primary amides is 1. The lowest BCUT2D eigenvalue weighted by Gasteiger charge is -2.14. The molecular formula is C17H15N3O2S. The molecule has 3 N–H and O–H groups in total. The molecule has 0 bridgehead atoms. The number of amides is 1. The molecule has 0 fully saturated rings. The third kappa shape index (κ3) is 2.31. The van der Waals surface area contributed by atoms with Crippen LogP contribution in [0.4, 0.5) is 0 Å². The molecule has 2 aromatic heterocycles. The molecule has 0 saturated heterocycles. The first-order valence-corrected chi connectivity index (χ1v) is 8.17. The Labute approximate surface area is 137 Å². The maximum atomic E-state index is 11.8. The molecule has 1 aliphatic carbocycles. The molecule has 0 aliphatic heterocycles. The van der Waals surface area contributed by atoms with E-state index in [0.717, 1.165) is 41.0 Å². The van der Waals surface area contributed by atoms with Crippen molar-refractivity contribution in [1.29, 1.82) is 0 Å². The van der Waals surface area contributed by atoms with Crippen LogP contribution in [0.15, 0.2) is 30.5 Å². The van der Waals surface area contributed by atoms with Crippen LogP contribution in [-0.4, -0.2) is 16.1 Å². The summed E-state index contributed by atoms with van der Waals surface area (Å²) in [5.41, 5.74) is 10.7. The number of nitrogens with one attached hydrogen (secondary N) is 1. The third-order valence-corrected chi connectivity index (χ3v) is 5.17. The van der Waals surface area contributed by atoms with E-state index in [4.69, 9.17) is 10.5 Å². The number of H-pyrrole nitrogens is 1. The summed E-state index contributed by atoms with van der Waals surface area (Å²) in [7, 11) is 0. The molecule has 0 atom stereocenters. The van der Waals surface area contributed by atoms with Gasteiger partial charge in [0.25, 0.3) is 5.91 Å². The van der Waals surface area contributed by atoms with Crippen molar-refractivity contribution in [2.45, 2.75) is 19.8 Å². The number of nitrogens with zero attached hydrogens (tertiary/aromatic N) is 1. The number of aromatic amines is 1. The zero-order valence-corrected chi connectivity index (χ0v) is 13.4. The number of aromatic nitrogens is 2. The first-order chi connectivity index (χ1) is 11.1. The van der Waals surface area contributed by atoms with Crippen LogP contribution in [0.3, 0.4) is 0 Å². The Morgan fingerprint density at radius 2 is 2.09 bits per heavy atom. The summed E-state index contributed by atoms with van der Waals surface area (Å²) in [5, 5.41) is 7.83. The number of benzene rings is 1. The minimum absolute atomic E-state index is 0.409. The number of hydrogen-bond acceptors (Lipinski definition) is 4. The fourth-order valence-corrected chi connectivity index (χ4v) is 3.97. The Morgan fingerprint density at radius 1 is 1.30 bits per heavy atom. The van der Waals surface area contributed by atoms with Gasteiger partial charge in [-0.25, -0.2) is 0 Å². The van der Waals surface area contributed by atoms with E-state index in [1.807, 2.05) is 37.4 Å². The topological polar surface area (TPSA) is 81.0 Å².